The van der Waals surface area contributed by atoms with Gasteiger partial charge in [0.1, 0.15) is 6.42 Å². The third-order valence-electron chi connectivity index (χ3n) is 2.85. The topological polar surface area (TPSA) is 46.6 Å². The molecule has 0 saturated heterocycles. The first-order valence-corrected chi connectivity index (χ1v) is 5.81. The third-order valence-corrected chi connectivity index (χ3v) is 2.85. The molecule has 1 rings (SSSR count). The minimum absolute atomic E-state index is 0.210. The average Bonchev–Trinajstić information content (AvgIpc) is 2.32. The molecule has 0 spiro atoms. The monoisotopic (exact) mass is 249 g/mol. The van der Waals surface area contributed by atoms with Crippen molar-refractivity contribution in [1.29, 1.82) is 0 Å². The summed E-state index contributed by atoms with van der Waals surface area (Å²) in [6, 6.07) is 6.10. The van der Waals surface area contributed by atoms with Crippen LogP contribution in [0.1, 0.15) is 23.1 Å². The van der Waals surface area contributed by atoms with E-state index in [9.17, 15) is 9.59 Å². The lowest BCUT2D eigenvalue weighted by Crippen LogP contribution is -2.28. The van der Waals surface area contributed by atoms with Gasteiger partial charge in [0.25, 0.3) is 0 Å². The van der Waals surface area contributed by atoms with Crippen LogP contribution >= 0.6 is 0 Å². The quantitative estimate of drug-likeness (QED) is 0.604. The van der Waals surface area contributed by atoms with E-state index in [0.717, 1.165) is 11.1 Å². The van der Waals surface area contributed by atoms with E-state index in [1.807, 2.05) is 26.0 Å². The zero-order chi connectivity index (χ0) is 13.7. The SMILES string of the molecule is COC(=O)CC(=O)N(C)Cc1ccc(C)cc1C. The molecule has 1 aromatic rings. The van der Waals surface area contributed by atoms with Crippen molar-refractivity contribution in [3.05, 3.63) is 34.9 Å². The number of hydrogen-bond acceptors (Lipinski definition) is 3. The van der Waals surface area contributed by atoms with E-state index in [1.54, 1.807) is 7.05 Å². The van der Waals surface area contributed by atoms with Crippen LogP contribution in [0.4, 0.5) is 0 Å². The zero-order valence-corrected chi connectivity index (χ0v) is 11.3. The van der Waals surface area contributed by atoms with E-state index in [-0.39, 0.29) is 12.3 Å². The van der Waals surface area contributed by atoms with E-state index < -0.39 is 5.97 Å². The van der Waals surface area contributed by atoms with Gasteiger partial charge >= 0.3 is 5.97 Å². The average molecular weight is 249 g/mol. The van der Waals surface area contributed by atoms with Gasteiger partial charge in [-0.1, -0.05) is 23.8 Å². The molecule has 0 aliphatic rings. The largest absolute Gasteiger partial charge is 0.469 e. The van der Waals surface area contributed by atoms with E-state index in [0.29, 0.717) is 6.54 Å². The summed E-state index contributed by atoms with van der Waals surface area (Å²) in [5, 5.41) is 0. The first kappa shape index (κ1) is 14.2. The molecular formula is C14H19NO3. The number of aryl methyl sites for hydroxylation is 2. The summed E-state index contributed by atoms with van der Waals surface area (Å²) < 4.78 is 4.47. The number of amides is 1. The smallest absolute Gasteiger partial charge is 0.315 e. The number of methoxy groups -OCH3 is 1. The fourth-order valence-corrected chi connectivity index (χ4v) is 1.70. The summed E-state index contributed by atoms with van der Waals surface area (Å²) in [5.41, 5.74) is 3.42. The Bertz CT molecular complexity index is 454. The van der Waals surface area contributed by atoms with Crippen LogP contribution in [0.3, 0.4) is 0 Å². The third kappa shape index (κ3) is 3.87. The maximum absolute atomic E-state index is 11.7. The molecule has 4 nitrogen and oxygen atoms in total. The van der Waals surface area contributed by atoms with Crippen LogP contribution in [0.25, 0.3) is 0 Å². The lowest BCUT2D eigenvalue weighted by Gasteiger charge is -2.18. The number of carbonyl (C=O) groups is 2. The standard InChI is InChI=1S/C14H19NO3/c1-10-5-6-12(11(2)7-10)9-15(3)13(16)8-14(17)18-4/h5-7H,8-9H2,1-4H3. The predicted octanol–water partition coefficient (Wildman–Crippen LogP) is 1.82. The van der Waals surface area contributed by atoms with Crippen LogP contribution in [-0.4, -0.2) is 30.9 Å². The van der Waals surface area contributed by atoms with Crippen molar-refractivity contribution in [3.63, 3.8) is 0 Å². The molecule has 18 heavy (non-hydrogen) atoms. The minimum atomic E-state index is -0.507. The molecule has 0 aromatic heterocycles. The van der Waals surface area contributed by atoms with Crippen molar-refractivity contribution in [2.75, 3.05) is 14.2 Å². The predicted molar refractivity (Wildman–Crippen MR) is 69.0 cm³/mol. The summed E-state index contributed by atoms with van der Waals surface area (Å²) in [6.45, 7) is 4.55. The van der Waals surface area contributed by atoms with Crippen LogP contribution in [0.2, 0.25) is 0 Å². The molecule has 98 valence electrons. The Hall–Kier alpha value is -1.84. The lowest BCUT2D eigenvalue weighted by molar-refractivity contribution is -0.146. The summed E-state index contributed by atoms with van der Waals surface area (Å²) >= 11 is 0. The summed E-state index contributed by atoms with van der Waals surface area (Å²) in [6.07, 6.45) is -0.210. The number of carbonyl (C=O) groups excluding carboxylic acids is 2. The fraction of sp³-hybridized carbons (Fsp3) is 0.429. The Morgan fingerprint density at radius 2 is 1.94 bits per heavy atom. The fourth-order valence-electron chi connectivity index (χ4n) is 1.70. The number of ether oxygens (including phenoxy) is 1. The normalized spacial score (nSPS) is 10.0. The van der Waals surface area contributed by atoms with Crippen LogP contribution in [0, 0.1) is 13.8 Å². The zero-order valence-electron chi connectivity index (χ0n) is 11.3. The van der Waals surface area contributed by atoms with Crippen LogP contribution in [0.15, 0.2) is 18.2 Å². The minimum Gasteiger partial charge on any atom is -0.469 e. The highest BCUT2D eigenvalue weighted by Gasteiger charge is 2.15. The maximum atomic E-state index is 11.7. The highest BCUT2D eigenvalue weighted by atomic mass is 16.5. The van der Waals surface area contributed by atoms with Gasteiger partial charge in [-0.05, 0) is 25.0 Å². The second-order valence-corrected chi connectivity index (χ2v) is 4.43. The van der Waals surface area contributed by atoms with Gasteiger partial charge in [-0.2, -0.15) is 0 Å². The van der Waals surface area contributed by atoms with E-state index in [4.69, 9.17) is 0 Å². The van der Waals surface area contributed by atoms with Crippen molar-refractivity contribution in [1.82, 2.24) is 4.90 Å². The lowest BCUT2D eigenvalue weighted by atomic mass is 10.1. The van der Waals surface area contributed by atoms with Crippen molar-refractivity contribution >= 4 is 11.9 Å². The van der Waals surface area contributed by atoms with E-state index in [1.165, 1.54) is 17.6 Å². The Balaban J connectivity index is 2.66. The van der Waals surface area contributed by atoms with Gasteiger partial charge in [0.05, 0.1) is 7.11 Å². The number of hydrogen-bond donors (Lipinski definition) is 0. The number of nitrogens with zero attached hydrogens (tertiary/aromatic N) is 1. The van der Waals surface area contributed by atoms with Gasteiger partial charge in [-0.15, -0.1) is 0 Å². The van der Waals surface area contributed by atoms with Crippen LogP contribution < -0.4 is 0 Å². The Kier molecular flexibility index (Phi) is 4.89. The Labute approximate surface area is 108 Å². The van der Waals surface area contributed by atoms with Gasteiger partial charge in [0.15, 0.2) is 0 Å². The Morgan fingerprint density at radius 1 is 1.28 bits per heavy atom. The molecule has 0 atom stereocenters. The second-order valence-electron chi connectivity index (χ2n) is 4.43. The van der Waals surface area contributed by atoms with Crippen molar-refractivity contribution in [3.8, 4) is 0 Å². The first-order valence-electron chi connectivity index (χ1n) is 5.81. The van der Waals surface area contributed by atoms with E-state index >= 15 is 0 Å². The molecule has 0 aliphatic carbocycles. The number of benzene rings is 1. The molecule has 4 heteroatoms. The summed E-state index contributed by atoms with van der Waals surface area (Å²) in [7, 11) is 2.96. The molecule has 1 amide bonds. The Morgan fingerprint density at radius 3 is 2.50 bits per heavy atom. The van der Waals surface area contributed by atoms with Crippen molar-refractivity contribution in [2.24, 2.45) is 0 Å². The molecule has 0 N–H and O–H groups in total. The molecule has 0 unspecified atom stereocenters. The van der Waals surface area contributed by atoms with Gasteiger partial charge in [0, 0.05) is 13.6 Å². The van der Waals surface area contributed by atoms with Gasteiger partial charge in [0.2, 0.25) is 5.91 Å². The van der Waals surface area contributed by atoms with Crippen LogP contribution in [0.5, 0.6) is 0 Å². The molecule has 0 fully saturated rings. The highest BCUT2D eigenvalue weighted by molar-refractivity contribution is 5.94. The summed E-state index contributed by atoms with van der Waals surface area (Å²) in [4.78, 5) is 24.3. The molecule has 0 aliphatic heterocycles. The van der Waals surface area contributed by atoms with Gasteiger partial charge in [-0.25, -0.2) is 0 Å². The maximum Gasteiger partial charge on any atom is 0.315 e. The summed E-state index contributed by atoms with van der Waals surface area (Å²) in [5.74, 6) is -0.741. The van der Waals surface area contributed by atoms with Gasteiger partial charge in [-0.3, -0.25) is 9.59 Å². The van der Waals surface area contributed by atoms with E-state index in [2.05, 4.69) is 10.8 Å². The van der Waals surface area contributed by atoms with Crippen molar-refractivity contribution in [2.45, 2.75) is 26.8 Å². The molecule has 0 bridgehead atoms. The molecule has 1 aromatic carbocycles. The molecule has 0 radical (unpaired) electrons. The first-order chi connectivity index (χ1) is 8.43. The number of esters is 1. The highest BCUT2D eigenvalue weighted by Crippen LogP contribution is 2.12. The van der Waals surface area contributed by atoms with Crippen molar-refractivity contribution < 1.29 is 14.3 Å². The molecule has 0 saturated carbocycles. The van der Waals surface area contributed by atoms with Gasteiger partial charge < -0.3 is 9.64 Å². The number of rotatable bonds is 4. The van der Waals surface area contributed by atoms with Crippen LogP contribution in [-0.2, 0) is 20.9 Å². The second kappa shape index (κ2) is 6.19. The molecule has 0 heterocycles. The molecular weight excluding hydrogens is 230 g/mol.